The van der Waals surface area contributed by atoms with E-state index in [0.29, 0.717) is 5.69 Å². The Morgan fingerprint density at radius 1 is 1.46 bits per heavy atom. The van der Waals surface area contributed by atoms with Crippen LogP contribution in [0.15, 0.2) is 23.3 Å². The van der Waals surface area contributed by atoms with Crippen molar-refractivity contribution in [2.45, 2.75) is 19.8 Å². The summed E-state index contributed by atoms with van der Waals surface area (Å²) in [5, 5.41) is 12.9. The highest BCUT2D eigenvalue weighted by Crippen LogP contribution is 2.29. The number of phenolic OH excluding ortho intramolecular Hbond substituents is 1. The van der Waals surface area contributed by atoms with Crippen LogP contribution >= 0.6 is 0 Å². The molecule has 0 aliphatic rings. The second-order valence-corrected chi connectivity index (χ2v) is 3.09. The smallest absolute Gasteiger partial charge is 0.119 e. The molecule has 4 heteroatoms. The molecule has 0 saturated heterocycles. The fourth-order valence-corrected chi connectivity index (χ4v) is 1.12. The van der Waals surface area contributed by atoms with Gasteiger partial charge in [-0.3, -0.25) is 0 Å². The Kier molecular flexibility index (Phi) is 2.77. The first-order valence-corrected chi connectivity index (χ1v) is 4.03. The van der Waals surface area contributed by atoms with Gasteiger partial charge in [-0.1, -0.05) is 19.0 Å². The van der Waals surface area contributed by atoms with E-state index in [1.807, 2.05) is 13.8 Å². The summed E-state index contributed by atoms with van der Waals surface area (Å²) >= 11 is 0. The first-order valence-electron chi connectivity index (χ1n) is 4.03. The highest BCUT2D eigenvalue weighted by atomic mass is 16.3. The van der Waals surface area contributed by atoms with Crippen molar-refractivity contribution in [3.63, 3.8) is 0 Å². The van der Waals surface area contributed by atoms with Crippen LogP contribution in [0.2, 0.25) is 0 Å². The maximum atomic E-state index is 9.44. The van der Waals surface area contributed by atoms with E-state index in [0.717, 1.165) is 5.56 Å². The van der Waals surface area contributed by atoms with E-state index in [4.69, 9.17) is 5.53 Å². The lowest BCUT2D eigenvalue weighted by Gasteiger charge is -2.07. The Bertz CT molecular complexity index is 354. The highest BCUT2D eigenvalue weighted by Gasteiger charge is 2.05. The van der Waals surface area contributed by atoms with E-state index in [2.05, 4.69) is 10.0 Å². The molecule has 0 fully saturated rings. The summed E-state index contributed by atoms with van der Waals surface area (Å²) in [5.74, 6) is 0.459. The molecule has 0 aliphatic carbocycles. The summed E-state index contributed by atoms with van der Waals surface area (Å²) < 4.78 is 0. The molecule has 0 saturated carbocycles. The predicted molar refractivity (Wildman–Crippen MR) is 51.0 cm³/mol. The summed E-state index contributed by atoms with van der Waals surface area (Å²) in [6, 6.07) is 4.82. The van der Waals surface area contributed by atoms with Crippen LogP contribution in [-0.2, 0) is 0 Å². The zero-order chi connectivity index (χ0) is 9.84. The minimum Gasteiger partial charge on any atom is -0.508 e. The molecule has 0 unspecified atom stereocenters. The Balaban J connectivity index is 3.18. The van der Waals surface area contributed by atoms with Crippen LogP contribution in [0.4, 0.5) is 5.69 Å². The zero-order valence-electron chi connectivity index (χ0n) is 7.60. The molecular weight excluding hydrogens is 166 g/mol. The van der Waals surface area contributed by atoms with Gasteiger partial charge < -0.3 is 5.11 Å². The van der Waals surface area contributed by atoms with Gasteiger partial charge in [0.25, 0.3) is 0 Å². The Hall–Kier alpha value is -1.67. The average Bonchev–Trinajstić information content (AvgIpc) is 2.08. The number of aromatic hydroxyl groups is 1. The lowest BCUT2D eigenvalue weighted by Crippen LogP contribution is -1.86. The van der Waals surface area contributed by atoms with Crippen LogP contribution < -0.4 is 0 Å². The van der Waals surface area contributed by atoms with Gasteiger partial charge in [-0.2, -0.15) is 0 Å². The molecule has 0 amide bonds. The molecule has 0 radical (unpaired) electrons. The third kappa shape index (κ3) is 2.13. The molecule has 0 heterocycles. The molecule has 0 aliphatic heterocycles. The molecule has 4 nitrogen and oxygen atoms in total. The van der Waals surface area contributed by atoms with Crippen molar-refractivity contribution in [1.82, 2.24) is 0 Å². The van der Waals surface area contributed by atoms with E-state index >= 15 is 0 Å². The third-order valence-electron chi connectivity index (χ3n) is 1.79. The quantitative estimate of drug-likeness (QED) is 0.419. The van der Waals surface area contributed by atoms with Crippen molar-refractivity contribution < 1.29 is 5.11 Å². The van der Waals surface area contributed by atoms with Crippen molar-refractivity contribution >= 4 is 5.69 Å². The standard InChI is InChI=1S/C9H11N3O/c1-6(2)8-5-7(11-12-10)3-4-9(8)13/h3-6,13H,1-2H3. The molecule has 0 spiro atoms. The van der Waals surface area contributed by atoms with Crippen molar-refractivity contribution in [3.8, 4) is 5.75 Å². The maximum absolute atomic E-state index is 9.44. The fourth-order valence-electron chi connectivity index (χ4n) is 1.12. The summed E-state index contributed by atoms with van der Waals surface area (Å²) in [5.41, 5.74) is 9.54. The summed E-state index contributed by atoms with van der Waals surface area (Å²) in [6.07, 6.45) is 0. The minimum absolute atomic E-state index is 0.217. The Morgan fingerprint density at radius 3 is 2.69 bits per heavy atom. The molecule has 1 N–H and O–H groups in total. The first-order chi connectivity index (χ1) is 6.15. The predicted octanol–water partition coefficient (Wildman–Crippen LogP) is 3.46. The fraction of sp³-hybridized carbons (Fsp3) is 0.333. The van der Waals surface area contributed by atoms with E-state index in [-0.39, 0.29) is 11.7 Å². The van der Waals surface area contributed by atoms with Gasteiger partial charge in [-0.05, 0) is 35.2 Å². The highest BCUT2D eigenvalue weighted by molar-refractivity contribution is 5.47. The molecular formula is C9H11N3O. The monoisotopic (exact) mass is 177 g/mol. The average molecular weight is 177 g/mol. The summed E-state index contributed by atoms with van der Waals surface area (Å²) in [7, 11) is 0. The van der Waals surface area contributed by atoms with Crippen molar-refractivity contribution in [2.24, 2.45) is 5.11 Å². The van der Waals surface area contributed by atoms with Crippen molar-refractivity contribution in [2.75, 3.05) is 0 Å². The van der Waals surface area contributed by atoms with Gasteiger partial charge >= 0.3 is 0 Å². The number of benzene rings is 1. The van der Waals surface area contributed by atoms with Crippen LogP contribution in [0.1, 0.15) is 25.3 Å². The Labute approximate surface area is 76.5 Å². The second kappa shape index (κ2) is 3.83. The lowest BCUT2D eigenvalue weighted by atomic mass is 10.0. The number of phenols is 1. The molecule has 1 rings (SSSR count). The zero-order valence-corrected chi connectivity index (χ0v) is 7.60. The van der Waals surface area contributed by atoms with Gasteiger partial charge in [0.1, 0.15) is 5.75 Å². The van der Waals surface area contributed by atoms with Gasteiger partial charge in [0.15, 0.2) is 0 Å². The Morgan fingerprint density at radius 2 is 2.15 bits per heavy atom. The molecule has 13 heavy (non-hydrogen) atoms. The third-order valence-corrected chi connectivity index (χ3v) is 1.79. The van der Waals surface area contributed by atoms with Crippen LogP contribution in [0.25, 0.3) is 10.4 Å². The number of hydrogen-bond acceptors (Lipinski definition) is 2. The van der Waals surface area contributed by atoms with Crippen LogP contribution in [-0.4, -0.2) is 5.11 Å². The normalized spacial score (nSPS) is 9.77. The summed E-state index contributed by atoms with van der Waals surface area (Å²) in [4.78, 5) is 2.68. The van der Waals surface area contributed by atoms with Gasteiger partial charge in [0.05, 0.1) is 0 Å². The van der Waals surface area contributed by atoms with Gasteiger partial charge in [-0.15, -0.1) is 0 Å². The largest absolute Gasteiger partial charge is 0.508 e. The second-order valence-electron chi connectivity index (χ2n) is 3.09. The van der Waals surface area contributed by atoms with E-state index in [1.165, 1.54) is 0 Å². The van der Waals surface area contributed by atoms with Crippen molar-refractivity contribution in [3.05, 3.63) is 34.2 Å². The number of nitrogens with zero attached hydrogens (tertiary/aromatic N) is 3. The minimum atomic E-state index is 0.217. The molecule has 68 valence electrons. The van der Waals surface area contributed by atoms with Crippen LogP contribution in [0.3, 0.4) is 0 Å². The summed E-state index contributed by atoms with van der Waals surface area (Å²) in [6.45, 7) is 3.93. The van der Waals surface area contributed by atoms with E-state index in [9.17, 15) is 5.11 Å². The lowest BCUT2D eigenvalue weighted by molar-refractivity contribution is 0.465. The maximum Gasteiger partial charge on any atom is 0.119 e. The van der Waals surface area contributed by atoms with E-state index < -0.39 is 0 Å². The number of hydrogen-bond donors (Lipinski definition) is 1. The SMILES string of the molecule is CC(C)c1cc(N=[N+]=[N-])ccc1O. The molecule has 0 bridgehead atoms. The van der Waals surface area contributed by atoms with Crippen LogP contribution in [0.5, 0.6) is 5.75 Å². The molecule has 0 aromatic heterocycles. The number of rotatable bonds is 2. The molecule has 1 aromatic rings. The van der Waals surface area contributed by atoms with Gasteiger partial charge in [0.2, 0.25) is 0 Å². The van der Waals surface area contributed by atoms with Gasteiger partial charge in [0, 0.05) is 10.6 Å². The van der Waals surface area contributed by atoms with Crippen molar-refractivity contribution in [1.29, 1.82) is 0 Å². The first kappa shape index (κ1) is 9.42. The van der Waals surface area contributed by atoms with Gasteiger partial charge in [-0.25, -0.2) is 0 Å². The molecule has 1 aromatic carbocycles. The molecule has 0 atom stereocenters. The topological polar surface area (TPSA) is 69.0 Å². The number of azide groups is 1. The van der Waals surface area contributed by atoms with Crippen LogP contribution in [0, 0.1) is 0 Å². The van der Waals surface area contributed by atoms with E-state index in [1.54, 1.807) is 18.2 Å².